The number of hydrogen-bond acceptors (Lipinski definition) is 3. The van der Waals surface area contributed by atoms with Crippen molar-refractivity contribution < 1.29 is 9.59 Å². The highest BCUT2D eigenvalue weighted by Gasteiger charge is 2.30. The van der Waals surface area contributed by atoms with Crippen molar-refractivity contribution in [1.29, 1.82) is 0 Å². The lowest BCUT2D eigenvalue weighted by Crippen LogP contribution is -2.46. The molecule has 0 atom stereocenters. The smallest absolute Gasteiger partial charge is 0.234 e. The normalized spacial score (nSPS) is 24.3. The van der Waals surface area contributed by atoms with E-state index in [0.717, 1.165) is 64.3 Å². The maximum atomic E-state index is 12.5. The summed E-state index contributed by atoms with van der Waals surface area (Å²) >= 11 is 0. The third-order valence-corrected chi connectivity index (χ3v) is 5.26. The molecule has 0 unspecified atom stereocenters. The van der Waals surface area contributed by atoms with E-state index in [0.29, 0.717) is 12.5 Å². The molecule has 1 aliphatic carbocycles. The Morgan fingerprint density at radius 1 is 0.909 bits per heavy atom. The highest BCUT2D eigenvalue weighted by atomic mass is 16.2. The van der Waals surface area contributed by atoms with Crippen LogP contribution in [0.1, 0.15) is 44.9 Å². The van der Waals surface area contributed by atoms with E-state index in [-0.39, 0.29) is 11.8 Å². The Labute approximate surface area is 133 Å². The maximum absolute atomic E-state index is 12.5. The van der Waals surface area contributed by atoms with E-state index in [1.807, 2.05) is 0 Å². The van der Waals surface area contributed by atoms with E-state index >= 15 is 0 Å². The Bertz CT molecular complexity index is 395. The summed E-state index contributed by atoms with van der Waals surface area (Å²) in [6, 6.07) is 0. The van der Waals surface area contributed by atoms with Crippen molar-refractivity contribution in [3.63, 3.8) is 0 Å². The van der Waals surface area contributed by atoms with Crippen LogP contribution in [0.2, 0.25) is 0 Å². The van der Waals surface area contributed by atoms with Crippen molar-refractivity contribution in [2.75, 3.05) is 39.3 Å². The van der Waals surface area contributed by atoms with E-state index in [4.69, 9.17) is 0 Å². The number of nitrogens with one attached hydrogen (secondary N) is 1. The first-order chi connectivity index (χ1) is 10.7. The van der Waals surface area contributed by atoms with Gasteiger partial charge in [0.1, 0.15) is 0 Å². The van der Waals surface area contributed by atoms with Crippen molar-refractivity contribution >= 4 is 11.8 Å². The van der Waals surface area contributed by atoms with Crippen LogP contribution in [0.4, 0.5) is 0 Å². The molecule has 0 aromatic carbocycles. The number of rotatable bonds is 5. The monoisotopic (exact) mass is 307 g/mol. The fourth-order valence-electron chi connectivity index (χ4n) is 3.55. The quantitative estimate of drug-likeness (QED) is 0.831. The van der Waals surface area contributed by atoms with E-state index in [1.165, 1.54) is 19.3 Å². The average molecular weight is 307 g/mol. The van der Waals surface area contributed by atoms with Crippen LogP contribution in [0.15, 0.2) is 0 Å². The summed E-state index contributed by atoms with van der Waals surface area (Å²) in [4.78, 5) is 28.6. The van der Waals surface area contributed by atoms with Gasteiger partial charge >= 0.3 is 0 Å². The number of nitrogens with zero attached hydrogens (tertiary/aromatic N) is 2. The molecule has 2 aliphatic heterocycles. The van der Waals surface area contributed by atoms with Gasteiger partial charge in [-0.1, -0.05) is 0 Å². The molecule has 22 heavy (non-hydrogen) atoms. The van der Waals surface area contributed by atoms with E-state index in [1.54, 1.807) is 0 Å². The minimum atomic E-state index is 0.146. The first-order valence-electron chi connectivity index (χ1n) is 9.00. The molecule has 0 spiro atoms. The standard InChI is InChI=1S/C17H29N3O2/c21-16(18-12-14-4-5-14)13-19-10-6-15(7-11-19)17(22)20-8-2-1-3-9-20/h14-15H,1-13H2,(H,18,21). The number of carbonyl (C=O) groups excluding carboxylic acids is 2. The zero-order chi connectivity index (χ0) is 15.4. The number of likely N-dealkylation sites (tertiary alicyclic amines) is 2. The van der Waals surface area contributed by atoms with Crippen LogP contribution in [0, 0.1) is 11.8 Å². The summed E-state index contributed by atoms with van der Waals surface area (Å²) in [5.74, 6) is 1.42. The van der Waals surface area contributed by atoms with Crippen LogP contribution in [0.25, 0.3) is 0 Å². The zero-order valence-corrected chi connectivity index (χ0v) is 13.6. The summed E-state index contributed by atoms with van der Waals surface area (Å²) in [5, 5.41) is 3.02. The van der Waals surface area contributed by atoms with Gasteiger partial charge in [0.25, 0.3) is 0 Å². The second kappa shape index (κ2) is 7.44. The number of carbonyl (C=O) groups is 2. The molecule has 3 fully saturated rings. The van der Waals surface area contributed by atoms with Gasteiger partial charge in [-0.25, -0.2) is 0 Å². The molecular weight excluding hydrogens is 278 g/mol. The largest absolute Gasteiger partial charge is 0.355 e. The maximum Gasteiger partial charge on any atom is 0.234 e. The first-order valence-corrected chi connectivity index (χ1v) is 9.00. The predicted molar refractivity (Wildman–Crippen MR) is 85.3 cm³/mol. The van der Waals surface area contributed by atoms with Gasteiger partial charge in [0, 0.05) is 25.6 Å². The Hall–Kier alpha value is -1.10. The summed E-state index contributed by atoms with van der Waals surface area (Å²) in [7, 11) is 0. The van der Waals surface area contributed by atoms with Crippen LogP contribution < -0.4 is 5.32 Å². The molecule has 2 saturated heterocycles. The molecule has 5 nitrogen and oxygen atoms in total. The molecule has 1 saturated carbocycles. The average Bonchev–Trinajstić information content (AvgIpc) is 3.38. The molecule has 3 rings (SSSR count). The van der Waals surface area contributed by atoms with Crippen molar-refractivity contribution in [2.45, 2.75) is 44.9 Å². The molecule has 0 bridgehead atoms. The third kappa shape index (κ3) is 4.45. The molecule has 2 amide bonds. The van der Waals surface area contributed by atoms with Crippen molar-refractivity contribution in [3.05, 3.63) is 0 Å². The van der Waals surface area contributed by atoms with Crippen LogP contribution in [-0.4, -0.2) is 60.9 Å². The van der Waals surface area contributed by atoms with E-state index in [9.17, 15) is 9.59 Å². The highest BCUT2D eigenvalue weighted by molar-refractivity contribution is 5.79. The minimum Gasteiger partial charge on any atom is -0.355 e. The van der Waals surface area contributed by atoms with Crippen LogP contribution in [-0.2, 0) is 9.59 Å². The molecule has 0 radical (unpaired) electrons. The van der Waals surface area contributed by atoms with Crippen molar-refractivity contribution in [3.8, 4) is 0 Å². The summed E-state index contributed by atoms with van der Waals surface area (Å²) in [6.07, 6.45) is 7.93. The molecule has 2 heterocycles. The first kappa shape index (κ1) is 15.8. The second-order valence-electron chi connectivity index (χ2n) is 7.18. The molecule has 1 N–H and O–H groups in total. The number of hydrogen-bond donors (Lipinski definition) is 1. The number of piperidine rings is 2. The lowest BCUT2D eigenvalue weighted by molar-refractivity contribution is -0.138. The Morgan fingerprint density at radius 3 is 2.23 bits per heavy atom. The molecule has 0 aromatic heterocycles. The van der Waals surface area contributed by atoms with Gasteiger partial charge in [-0.2, -0.15) is 0 Å². The van der Waals surface area contributed by atoms with E-state index < -0.39 is 0 Å². The SMILES string of the molecule is O=C(CN1CCC(C(=O)N2CCCCC2)CC1)NCC1CC1. The summed E-state index contributed by atoms with van der Waals surface area (Å²) < 4.78 is 0. The predicted octanol–water partition coefficient (Wildman–Crippen LogP) is 1.24. The minimum absolute atomic E-state index is 0.146. The van der Waals surface area contributed by atoms with Gasteiger partial charge in [0.2, 0.25) is 11.8 Å². The molecule has 5 heteroatoms. The van der Waals surface area contributed by atoms with Gasteiger partial charge < -0.3 is 10.2 Å². The summed E-state index contributed by atoms with van der Waals surface area (Å²) in [5.41, 5.74) is 0. The Morgan fingerprint density at radius 2 is 1.59 bits per heavy atom. The number of amides is 2. The van der Waals surface area contributed by atoms with Gasteiger partial charge in [0.05, 0.1) is 6.54 Å². The van der Waals surface area contributed by atoms with Gasteiger partial charge in [-0.15, -0.1) is 0 Å². The molecule has 124 valence electrons. The van der Waals surface area contributed by atoms with Gasteiger partial charge in [0.15, 0.2) is 0 Å². The van der Waals surface area contributed by atoms with Crippen molar-refractivity contribution in [1.82, 2.24) is 15.1 Å². The second-order valence-corrected chi connectivity index (χ2v) is 7.18. The fourth-order valence-corrected chi connectivity index (χ4v) is 3.55. The van der Waals surface area contributed by atoms with E-state index in [2.05, 4.69) is 15.1 Å². The molecule has 0 aromatic rings. The molecule has 3 aliphatic rings. The molecular formula is C17H29N3O2. The highest BCUT2D eigenvalue weighted by Crippen LogP contribution is 2.27. The van der Waals surface area contributed by atoms with Crippen molar-refractivity contribution in [2.24, 2.45) is 11.8 Å². The Kier molecular flexibility index (Phi) is 5.34. The lowest BCUT2D eigenvalue weighted by atomic mass is 9.94. The fraction of sp³-hybridized carbons (Fsp3) is 0.882. The third-order valence-electron chi connectivity index (χ3n) is 5.26. The van der Waals surface area contributed by atoms with Crippen LogP contribution in [0.3, 0.4) is 0 Å². The Balaban J connectivity index is 1.36. The van der Waals surface area contributed by atoms with Gasteiger partial charge in [-0.3, -0.25) is 14.5 Å². The topological polar surface area (TPSA) is 52.7 Å². The van der Waals surface area contributed by atoms with Gasteiger partial charge in [-0.05, 0) is 64.0 Å². The van der Waals surface area contributed by atoms with Crippen LogP contribution >= 0.6 is 0 Å². The summed E-state index contributed by atoms with van der Waals surface area (Å²) in [6.45, 7) is 4.99. The zero-order valence-electron chi connectivity index (χ0n) is 13.6. The van der Waals surface area contributed by atoms with Crippen LogP contribution in [0.5, 0.6) is 0 Å². The lowest BCUT2D eigenvalue weighted by Gasteiger charge is -2.35.